The average molecular weight is 732 g/mol. The molecule has 0 aliphatic rings. The number of quaternary nitrogens is 1. The molecule has 50 heavy (non-hydrogen) atoms. The van der Waals surface area contributed by atoms with E-state index in [0.717, 1.165) is 32.1 Å². The van der Waals surface area contributed by atoms with Gasteiger partial charge in [0.2, 0.25) is 5.91 Å². The minimum Gasteiger partial charge on any atom is -0.387 e. The van der Waals surface area contributed by atoms with Gasteiger partial charge in [-0.15, -0.1) is 0 Å². The number of aliphatic hydroxyl groups is 1. The van der Waals surface area contributed by atoms with Crippen molar-refractivity contribution in [3.63, 3.8) is 0 Å². The van der Waals surface area contributed by atoms with E-state index >= 15 is 0 Å². The minimum atomic E-state index is -4.33. The van der Waals surface area contributed by atoms with E-state index in [0.29, 0.717) is 17.4 Å². The largest absolute Gasteiger partial charge is 0.472 e. The topological polar surface area (TPSA) is 105 Å². The van der Waals surface area contributed by atoms with Gasteiger partial charge >= 0.3 is 7.82 Å². The maximum absolute atomic E-state index is 12.8. The summed E-state index contributed by atoms with van der Waals surface area (Å²) in [6.45, 7) is 4.81. The van der Waals surface area contributed by atoms with Crippen LogP contribution in [0.4, 0.5) is 0 Å². The second-order valence-corrected chi connectivity index (χ2v) is 17.2. The SMILES string of the molecule is CCCCCCCCCCCCCCCCC/C=C/C(O)C(COP(=O)(O)OCC[N+](C)(C)C)NC(=O)CCCCCCCCCCCCC. The molecule has 9 heteroatoms. The predicted octanol–water partition coefficient (Wildman–Crippen LogP) is 11.2. The summed E-state index contributed by atoms with van der Waals surface area (Å²) in [5.74, 6) is -0.178. The molecule has 0 aliphatic heterocycles. The van der Waals surface area contributed by atoms with Crippen LogP contribution in [-0.2, 0) is 18.4 Å². The quantitative estimate of drug-likeness (QED) is 0.0253. The second-order valence-electron chi connectivity index (χ2n) is 15.7. The fraction of sp³-hybridized carbons (Fsp3) is 0.927. The molecule has 0 fully saturated rings. The number of unbranched alkanes of at least 4 members (excludes halogenated alkanes) is 25. The fourth-order valence-corrected chi connectivity index (χ4v) is 6.84. The van der Waals surface area contributed by atoms with Gasteiger partial charge in [-0.1, -0.05) is 180 Å². The Balaban J connectivity index is 4.43. The van der Waals surface area contributed by atoms with E-state index in [1.54, 1.807) is 6.08 Å². The summed E-state index contributed by atoms with van der Waals surface area (Å²) >= 11 is 0. The molecule has 0 aromatic rings. The Bertz CT molecular complexity index is 834. The van der Waals surface area contributed by atoms with Crippen molar-refractivity contribution in [2.75, 3.05) is 40.9 Å². The van der Waals surface area contributed by atoms with E-state index in [4.69, 9.17) is 9.05 Å². The van der Waals surface area contributed by atoms with Gasteiger partial charge in [0.05, 0.1) is 39.9 Å². The third-order valence-corrected chi connectivity index (χ3v) is 10.5. The molecule has 298 valence electrons. The molecule has 8 nitrogen and oxygen atoms in total. The number of aliphatic hydroxyl groups excluding tert-OH is 1. The Labute approximate surface area is 310 Å². The number of hydrogen-bond acceptors (Lipinski definition) is 5. The molecular weight excluding hydrogens is 647 g/mol. The molecule has 3 N–H and O–H groups in total. The normalized spacial score (nSPS) is 14.6. The standard InChI is InChI=1S/C41H83N2O6P/c1-6-8-10-12-14-16-18-19-20-21-22-23-25-26-28-30-32-34-40(44)39(38-49-50(46,47)48-37-36-43(3,4)5)42-41(45)35-33-31-29-27-24-17-15-13-11-9-7-2/h32,34,39-40,44H,6-31,33,35-38H2,1-5H3,(H-,42,45,46,47)/p+1/b34-32+. The number of phosphoric ester groups is 1. The number of carbonyl (C=O) groups excluding carboxylic acids is 1. The summed E-state index contributed by atoms with van der Waals surface area (Å²) < 4.78 is 23.5. The van der Waals surface area contributed by atoms with Crippen molar-refractivity contribution in [2.45, 2.75) is 206 Å². The van der Waals surface area contributed by atoms with Gasteiger partial charge < -0.3 is 19.8 Å². The Hall–Kier alpha value is -0.760. The predicted molar refractivity (Wildman–Crippen MR) is 212 cm³/mol. The van der Waals surface area contributed by atoms with Gasteiger partial charge in [-0.2, -0.15) is 0 Å². The van der Waals surface area contributed by atoms with Crippen molar-refractivity contribution < 1.29 is 32.9 Å². The highest BCUT2D eigenvalue weighted by Gasteiger charge is 2.27. The molecule has 3 atom stereocenters. The smallest absolute Gasteiger partial charge is 0.387 e. The molecule has 0 heterocycles. The van der Waals surface area contributed by atoms with E-state index in [1.807, 2.05) is 27.2 Å². The zero-order valence-corrected chi connectivity index (χ0v) is 34.5. The first-order valence-electron chi connectivity index (χ1n) is 21.1. The van der Waals surface area contributed by atoms with E-state index in [2.05, 4.69) is 19.2 Å². The van der Waals surface area contributed by atoms with Crippen LogP contribution < -0.4 is 5.32 Å². The third kappa shape index (κ3) is 35.6. The summed E-state index contributed by atoms with van der Waals surface area (Å²) in [6.07, 6.45) is 37.0. The van der Waals surface area contributed by atoms with Crippen molar-refractivity contribution >= 4 is 13.7 Å². The number of allylic oxidation sites excluding steroid dienone is 1. The number of likely N-dealkylation sites (N-methyl/N-ethyl adjacent to an activating group) is 1. The number of nitrogens with one attached hydrogen (secondary N) is 1. The van der Waals surface area contributed by atoms with Gasteiger partial charge in [-0.3, -0.25) is 13.8 Å². The highest BCUT2D eigenvalue weighted by atomic mass is 31.2. The van der Waals surface area contributed by atoms with Crippen molar-refractivity contribution in [1.29, 1.82) is 0 Å². The number of hydrogen-bond donors (Lipinski definition) is 3. The summed E-state index contributed by atoms with van der Waals surface area (Å²) in [4.78, 5) is 23.0. The molecule has 0 spiro atoms. The molecule has 0 aromatic heterocycles. The molecule has 0 rings (SSSR count). The summed E-state index contributed by atoms with van der Waals surface area (Å²) in [6, 6.07) is -0.838. The van der Waals surface area contributed by atoms with Crippen LogP contribution >= 0.6 is 7.82 Å². The van der Waals surface area contributed by atoms with Gasteiger partial charge in [-0.05, 0) is 19.3 Å². The van der Waals surface area contributed by atoms with Crippen molar-refractivity contribution in [3.8, 4) is 0 Å². The Morgan fingerprint density at radius 2 is 1.06 bits per heavy atom. The number of nitrogens with zero attached hydrogens (tertiary/aromatic N) is 1. The molecule has 0 saturated carbocycles. The lowest BCUT2D eigenvalue weighted by Crippen LogP contribution is -2.45. The van der Waals surface area contributed by atoms with E-state index in [9.17, 15) is 19.4 Å². The van der Waals surface area contributed by atoms with Crippen LogP contribution in [0.15, 0.2) is 12.2 Å². The first kappa shape index (κ1) is 49.2. The molecule has 0 radical (unpaired) electrons. The zero-order valence-electron chi connectivity index (χ0n) is 33.7. The first-order chi connectivity index (χ1) is 24.0. The van der Waals surface area contributed by atoms with Gasteiger partial charge in [-0.25, -0.2) is 4.57 Å². The van der Waals surface area contributed by atoms with Gasteiger partial charge in [0.25, 0.3) is 0 Å². The average Bonchev–Trinajstić information content (AvgIpc) is 3.06. The Kier molecular flexibility index (Phi) is 33.5. The zero-order chi connectivity index (χ0) is 37.2. The number of amides is 1. The van der Waals surface area contributed by atoms with E-state index in [1.165, 1.54) is 141 Å². The van der Waals surface area contributed by atoms with Gasteiger partial charge in [0.1, 0.15) is 13.2 Å². The maximum atomic E-state index is 12.8. The van der Waals surface area contributed by atoms with Crippen LogP contribution in [0, 0.1) is 0 Å². The van der Waals surface area contributed by atoms with Crippen LogP contribution in [0.2, 0.25) is 0 Å². The van der Waals surface area contributed by atoms with Crippen molar-refractivity contribution in [1.82, 2.24) is 5.32 Å². The lowest BCUT2D eigenvalue weighted by molar-refractivity contribution is -0.870. The van der Waals surface area contributed by atoms with Crippen LogP contribution in [0.1, 0.15) is 194 Å². The highest BCUT2D eigenvalue weighted by Crippen LogP contribution is 2.43. The lowest BCUT2D eigenvalue weighted by Gasteiger charge is -2.25. The summed E-state index contributed by atoms with van der Waals surface area (Å²) in [7, 11) is 1.58. The van der Waals surface area contributed by atoms with Crippen LogP contribution in [0.3, 0.4) is 0 Å². The van der Waals surface area contributed by atoms with E-state index < -0.39 is 20.0 Å². The molecule has 0 aliphatic carbocycles. The van der Waals surface area contributed by atoms with E-state index in [-0.39, 0.29) is 19.1 Å². The van der Waals surface area contributed by atoms with Crippen LogP contribution in [-0.4, -0.2) is 73.4 Å². The summed E-state index contributed by atoms with van der Waals surface area (Å²) in [5.41, 5.74) is 0. The Morgan fingerprint density at radius 1 is 0.660 bits per heavy atom. The van der Waals surface area contributed by atoms with Crippen LogP contribution in [0.5, 0.6) is 0 Å². The number of phosphoric acid groups is 1. The first-order valence-corrected chi connectivity index (χ1v) is 22.6. The molecule has 0 bridgehead atoms. The molecule has 1 amide bonds. The molecule has 3 unspecified atom stereocenters. The monoisotopic (exact) mass is 732 g/mol. The molecule has 0 saturated heterocycles. The third-order valence-electron chi connectivity index (χ3n) is 9.51. The lowest BCUT2D eigenvalue weighted by atomic mass is 10.0. The highest BCUT2D eigenvalue weighted by molar-refractivity contribution is 7.47. The number of rotatable bonds is 38. The van der Waals surface area contributed by atoms with Gasteiger partial charge in [0.15, 0.2) is 0 Å². The Morgan fingerprint density at radius 3 is 1.48 bits per heavy atom. The summed E-state index contributed by atoms with van der Waals surface area (Å²) in [5, 5.41) is 13.8. The van der Waals surface area contributed by atoms with Crippen molar-refractivity contribution in [3.05, 3.63) is 12.2 Å². The van der Waals surface area contributed by atoms with Crippen LogP contribution in [0.25, 0.3) is 0 Å². The molecular formula is C41H84N2O6P+. The van der Waals surface area contributed by atoms with Gasteiger partial charge in [0, 0.05) is 6.42 Å². The minimum absolute atomic E-state index is 0.0644. The number of carbonyl (C=O) groups is 1. The maximum Gasteiger partial charge on any atom is 0.472 e. The van der Waals surface area contributed by atoms with Crippen molar-refractivity contribution in [2.24, 2.45) is 0 Å². The second kappa shape index (κ2) is 34.0. The molecule has 0 aromatic carbocycles. The fourth-order valence-electron chi connectivity index (χ4n) is 6.10.